The molecular formula is C22H24O4. The standard InChI is InChI=1S/C18H12O4.2C2H6/c19-15-12-18(22-14-9-5-2-6-10-14)16(20)11-17(15)21-13-7-3-1-4-8-13;2*1-2/h1-12H;2*1-2H3. The van der Waals surface area contributed by atoms with Crippen molar-refractivity contribution in [2.75, 3.05) is 0 Å². The molecule has 0 aliphatic heterocycles. The van der Waals surface area contributed by atoms with Crippen molar-refractivity contribution in [3.63, 3.8) is 0 Å². The number of allylic oxidation sites excluding steroid dienone is 2. The molecule has 1 aliphatic rings. The fourth-order valence-corrected chi connectivity index (χ4v) is 1.91. The van der Waals surface area contributed by atoms with Crippen LogP contribution in [0.1, 0.15) is 27.7 Å². The van der Waals surface area contributed by atoms with Gasteiger partial charge in [-0.25, -0.2) is 0 Å². The number of ether oxygens (including phenoxy) is 2. The van der Waals surface area contributed by atoms with Crippen molar-refractivity contribution in [3.8, 4) is 11.5 Å². The molecular weight excluding hydrogens is 328 g/mol. The highest BCUT2D eigenvalue weighted by Crippen LogP contribution is 2.20. The second-order valence-electron chi connectivity index (χ2n) is 4.58. The smallest absolute Gasteiger partial charge is 0.225 e. The Kier molecular flexibility index (Phi) is 9.18. The van der Waals surface area contributed by atoms with Gasteiger partial charge in [-0.1, -0.05) is 64.1 Å². The average Bonchev–Trinajstić information content (AvgIpc) is 2.70. The number of hydrogen-bond donors (Lipinski definition) is 0. The van der Waals surface area contributed by atoms with Crippen molar-refractivity contribution in [2.24, 2.45) is 0 Å². The Morgan fingerprint density at radius 1 is 0.538 bits per heavy atom. The number of para-hydroxylation sites is 2. The van der Waals surface area contributed by atoms with Crippen LogP contribution >= 0.6 is 0 Å². The molecule has 0 aromatic heterocycles. The second kappa shape index (κ2) is 11.4. The van der Waals surface area contributed by atoms with E-state index in [1.165, 1.54) is 0 Å². The molecule has 0 radical (unpaired) electrons. The third kappa shape index (κ3) is 6.06. The van der Waals surface area contributed by atoms with E-state index in [4.69, 9.17) is 9.47 Å². The van der Waals surface area contributed by atoms with Crippen LogP contribution in [0.25, 0.3) is 0 Å². The molecule has 0 amide bonds. The Hall–Kier alpha value is -3.14. The van der Waals surface area contributed by atoms with Gasteiger partial charge in [0.2, 0.25) is 11.6 Å². The van der Waals surface area contributed by atoms with E-state index in [2.05, 4.69) is 0 Å². The van der Waals surface area contributed by atoms with Gasteiger partial charge in [0.25, 0.3) is 0 Å². The summed E-state index contributed by atoms with van der Waals surface area (Å²) in [4.78, 5) is 24.1. The molecule has 0 unspecified atom stereocenters. The molecule has 0 spiro atoms. The monoisotopic (exact) mass is 352 g/mol. The average molecular weight is 352 g/mol. The predicted octanol–water partition coefficient (Wildman–Crippen LogP) is 5.12. The van der Waals surface area contributed by atoms with Crippen molar-refractivity contribution < 1.29 is 19.1 Å². The van der Waals surface area contributed by atoms with Crippen molar-refractivity contribution in [1.82, 2.24) is 0 Å². The molecule has 0 bridgehead atoms. The molecule has 3 rings (SSSR count). The third-order valence-corrected chi connectivity index (χ3v) is 2.95. The van der Waals surface area contributed by atoms with E-state index in [1.807, 2.05) is 39.8 Å². The quantitative estimate of drug-likeness (QED) is 0.717. The fraction of sp³-hybridized carbons (Fsp3) is 0.182. The number of benzene rings is 2. The molecule has 136 valence electrons. The molecule has 0 atom stereocenters. The van der Waals surface area contributed by atoms with E-state index >= 15 is 0 Å². The minimum absolute atomic E-state index is 0.0170. The van der Waals surface area contributed by atoms with Gasteiger partial charge in [0, 0.05) is 12.2 Å². The zero-order chi connectivity index (χ0) is 19.4. The first-order valence-corrected chi connectivity index (χ1v) is 8.70. The molecule has 26 heavy (non-hydrogen) atoms. The summed E-state index contributed by atoms with van der Waals surface area (Å²) < 4.78 is 10.9. The number of carbonyl (C=O) groups excluding carboxylic acids is 2. The van der Waals surface area contributed by atoms with Gasteiger partial charge in [-0.2, -0.15) is 0 Å². The molecule has 1 aliphatic carbocycles. The van der Waals surface area contributed by atoms with E-state index < -0.39 is 11.6 Å². The maximum atomic E-state index is 12.0. The van der Waals surface area contributed by atoms with Gasteiger partial charge in [0.15, 0.2) is 11.5 Å². The lowest BCUT2D eigenvalue weighted by molar-refractivity contribution is -0.117. The van der Waals surface area contributed by atoms with E-state index in [9.17, 15) is 9.59 Å². The van der Waals surface area contributed by atoms with Gasteiger partial charge in [-0.3, -0.25) is 9.59 Å². The predicted molar refractivity (Wildman–Crippen MR) is 103 cm³/mol. The van der Waals surface area contributed by atoms with Crippen LogP contribution in [-0.2, 0) is 9.59 Å². The van der Waals surface area contributed by atoms with Crippen molar-refractivity contribution in [3.05, 3.63) is 84.3 Å². The van der Waals surface area contributed by atoms with Gasteiger partial charge in [0.1, 0.15) is 11.5 Å². The summed E-state index contributed by atoms with van der Waals surface area (Å²) in [6.45, 7) is 8.00. The lowest BCUT2D eigenvalue weighted by Crippen LogP contribution is -2.19. The van der Waals surface area contributed by atoms with Crippen LogP contribution in [0, 0.1) is 0 Å². The van der Waals surface area contributed by atoms with Crippen molar-refractivity contribution >= 4 is 11.6 Å². The van der Waals surface area contributed by atoms with Crippen LogP contribution in [0.2, 0.25) is 0 Å². The number of rotatable bonds is 4. The Morgan fingerprint density at radius 3 is 1.15 bits per heavy atom. The molecule has 0 saturated heterocycles. The molecule has 2 aromatic rings. The second-order valence-corrected chi connectivity index (χ2v) is 4.58. The highest BCUT2D eigenvalue weighted by Gasteiger charge is 2.23. The first-order valence-electron chi connectivity index (χ1n) is 8.70. The SMILES string of the molecule is CC.CC.O=C1C=C(Oc2ccccc2)C(=O)C=C1Oc1ccccc1. The topological polar surface area (TPSA) is 52.6 Å². The molecule has 0 saturated carbocycles. The van der Waals surface area contributed by atoms with Gasteiger partial charge < -0.3 is 9.47 Å². The lowest BCUT2D eigenvalue weighted by atomic mass is 10.1. The summed E-state index contributed by atoms with van der Waals surface area (Å²) in [7, 11) is 0. The van der Waals surface area contributed by atoms with E-state index in [1.54, 1.807) is 48.5 Å². The third-order valence-electron chi connectivity index (χ3n) is 2.95. The molecule has 4 heteroatoms. The van der Waals surface area contributed by atoms with Crippen LogP contribution in [-0.4, -0.2) is 11.6 Å². The van der Waals surface area contributed by atoms with Gasteiger partial charge in [-0.15, -0.1) is 0 Å². The molecule has 0 heterocycles. The Bertz CT molecular complexity index is 692. The molecule has 0 fully saturated rings. The first-order chi connectivity index (χ1) is 12.7. The normalized spacial score (nSPS) is 12.5. The highest BCUT2D eigenvalue weighted by molar-refractivity contribution is 6.18. The van der Waals surface area contributed by atoms with E-state index in [-0.39, 0.29) is 11.5 Å². The number of hydrogen-bond acceptors (Lipinski definition) is 4. The maximum Gasteiger partial charge on any atom is 0.225 e. The van der Waals surface area contributed by atoms with Crippen LogP contribution in [0.5, 0.6) is 11.5 Å². The summed E-state index contributed by atoms with van der Waals surface area (Å²) >= 11 is 0. The van der Waals surface area contributed by atoms with Crippen LogP contribution in [0.4, 0.5) is 0 Å². The lowest BCUT2D eigenvalue weighted by Gasteiger charge is -2.13. The zero-order valence-electron chi connectivity index (χ0n) is 15.6. The maximum absolute atomic E-state index is 12.0. The highest BCUT2D eigenvalue weighted by atomic mass is 16.5. The largest absolute Gasteiger partial charge is 0.453 e. The Labute approximate surface area is 154 Å². The van der Waals surface area contributed by atoms with Crippen LogP contribution in [0.15, 0.2) is 84.3 Å². The summed E-state index contributed by atoms with van der Waals surface area (Å²) in [5, 5.41) is 0. The minimum Gasteiger partial charge on any atom is -0.453 e. The number of ketones is 2. The Balaban J connectivity index is 0.000000791. The zero-order valence-corrected chi connectivity index (χ0v) is 15.6. The van der Waals surface area contributed by atoms with Gasteiger partial charge >= 0.3 is 0 Å². The van der Waals surface area contributed by atoms with Crippen LogP contribution < -0.4 is 9.47 Å². The Morgan fingerprint density at radius 2 is 0.846 bits per heavy atom. The summed E-state index contributed by atoms with van der Waals surface area (Å²) in [6.07, 6.45) is 2.29. The summed E-state index contributed by atoms with van der Waals surface area (Å²) in [6, 6.07) is 17.6. The van der Waals surface area contributed by atoms with E-state index in [0.717, 1.165) is 12.2 Å². The first kappa shape index (κ1) is 20.9. The fourth-order valence-electron chi connectivity index (χ4n) is 1.91. The number of carbonyl (C=O) groups is 2. The summed E-state index contributed by atoms with van der Waals surface area (Å²) in [5.41, 5.74) is 0. The van der Waals surface area contributed by atoms with Crippen molar-refractivity contribution in [2.45, 2.75) is 27.7 Å². The van der Waals surface area contributed by atoms with Crippen LogP contribution in [0.3, 0.4) is 0 Å². The van der Waals surface area contributed by atoms with Gasteiger partial charge in [0.05, 0.1) is 0 Å². The summed E-state index contributed by atoms with van der Waals surface area (Å²) in [5.74, 6) is 0.142. The molecule has 0 N–H and O–H groups in total. The molecule has 4 nitrogen and oxygen atoms in total. The van der Waals surface area contributed by atoms with Crippen molar-refractivity contribution in [1.29, 1.82) is 0 Å². The molecule has 2 aromatic carbocycles. The van der Waals surface area contributed by atoms with E-state index in [0.29, 0.717) is 11.5 Å². The van der Waals surface area contributed by atoms with Gasteiger partial charge in [-0.05, 0) is 24.3 Å². The minimum atomic E-state index is -0.408.